The van der Waals surface area contributed by atoms with Gasteiger partial charge in [0.05, 0.1) is 21.3 Å². The van der Waals surface area contributed by atoms with E-state index in [1.165, 1.54) is 0 Å². The molecule has 0 aliphatic carbocycles. The molecule has 0 saturated carbocycles. The molecule has 1 fully saturated rings. The molecule has 0 atom stereocenters. The van der Waals surface area contributed by atoms with Gasteiger partial charge in [-0.1, -0.05) is 31.2 Å². The van der Waals surface area contributed by atoms with Crippen molar-refractivity contribution in [3.63, 3.8) is 0 Å². The van der Waals surface area contributed by atoms with E-state index in [4.69, 9.17) is 14.2 Å². The number of carbonyl (C=O) groups is 1. The molecule has 1 heterocycles. The third-order valence-electron chi connectivity index (χ3n) is 5.71. The summed E-state index contributed by atoms with van der Waals surface area (Å²) in [5, 5.41) is 0. The van der Waals surface area contributed by atoms with Crippen LogP contribution in [0.1, 0.15) is 31.7 Å². The summed E-state index contributed by atoms with van der Waals surface area (Å²) in [4.78, 5) is 17.1. The molecule has 0 radical (unpaired) electrons. The third-order valence-corrected chi connectivity index (χ3v) is 5.71. The van der Waals surface area contributed by atoms with Crippen LogP contribution in [0.5, 0.6) is 17.2 Å². The summed E-state index contributed by atoms with van der Waals surface area (Å²) in [5.74, 6) is 2.18. The molecule has 1 aliphatic heterocycles. The normalized spacial score (nSPS) is 14.9. The number of ether oxygens (including phenoxy) is 3. The minimum absolute atomic E-state index is 0.182. The van der Waals surface area contributed by atoms with E-state index in [1.54, 1.807) is 21.3 Å². The Balaban J connectivity index is 1.70. The largest absolute Gasteiger partial charge is 0.493 e. The number of amides is 1. The first-order chi connectivity index (χ1) is 14.6. The molecule has 1 aliphatic rings. The van der Waals surface area contributed by atoms with Crippen molar-refractivity contribution in [2.45, 2.75) is 38.8 Å². The Bertz CT molecular complexity index is 833. The molecule has 30 heavy (non-hydrogen) atoms. The van der Waals surface area contributed by atoms with Crippen molar-refractivity contribution in [2.75, 3.05) is 39.3 Å². The number of piperidine rings is 1. The number of para-hydroxylation sites is 1. The number of anilines is 1. The summed E-state index contributed by atoms with van der Waals surface area (Å²) >= 11 is 0. The Kier molecular flexibility index (Phi) is 7.57. The van der Waals surface area contributed by atoms with Gasteiger partial charge in [-0.15, -0.1) is 0 Å². The molecular weight excluding hydrogens is 380 g/mol. The van der Waals surface area contributed by atoms with Crippen LogP contribution in [-0.2, 0) is 11.3 Å². The summed E-state index contributed by atoms with van der Waals surface area (Å²) in [6.45, 7) is 4.53. The van der Waals surface area contributed by atoms with Crippen LogP contribution >= 0.6 is 0 Å². The van der Waals surface area contributed by atoms with Crippen LogP contribution in [-0.4, -0.2) is 51.3 Å². The van der Waals surface area contributed by atoms with E-state index >= 15 is 0 Å². The highest BCUT2D eigenvalue weighted by atomic mass is 16.5. The summed E-state index contributed by atoms with van der Waals surface area (Å²) < 4.78 is 16.5. The Labute approximate surface area is 179 Å². The Hall–Kier alpha value is -2.73. The fourth-order valence-corrected chi connectivity index (χ4v) is 4.18. The topological polar surface area (TPSA) is 51.2 Å². The van der Waals surface area contributed by atoms with E-state index in [9.17, 15) is 4.79 Å². The molecule has 0 spiro atoms. The number of carbonyl (C=O) groups excluding carboxylic acids is 1. The molecule has 2 aromatic rings. The van der Waals surface area contributed by atoms with E-state index in [-0.39, 0.29) is 11.9 Å². The highest BCUT2D eigenvalue weighted by Crippen LogP contribution is 2.40. The second kappa shape index (κ2) is 10.3. The fourth-order valence-electron chi connectivity index (χ4n) is 4.18. The SMILES string of the molecule is CCC(=O)N(c1ccccc1)C1CCN(Cc2ccc(OC)c(OC)c2OC)CC1. The number of hydrogen-bond donors (Lipinski definition) is 0. The predicted octanol–water partition coefficient (Wildman–Crippen LogP) is 4.12. The number of rotatable bonds is 8. The van der Waals surface area contributed by atoms with Crippen LogP contribution in [0.2, 0.25) is 0 Å². The van der Waals surface area contributed by atoms with Crippen molar-refractivity contribution >= 4 is 11.6 Å². The number of nitrogens with zero attached hydrogens (tertiary/aromatic N) is 2. The molecule has 2 aromatic carbocycles. The van der Waals surface area contributed by atoms with Gasteiger partial charge in [-0.05, 0) is 31.0 Å². The lowest BCUT2D eigenvalue weighted by Gasteiger charge is -2.38. The second-order valence-electron chi connectivity index (χ2n) is 7.45. The molecule has 6 nitrogen and oxygen atoms in total. The quantitative estimate of drug-likeness (QED) is 0.653. The van der Waals surface area contributed by atoms with Gasteiger partial charge in [-0.25, -0.2) is 0 Å². The molecule has 162 valence electrons. The average molecular weight is 413 g/mol. The van der Waals surface area contributed by atoms with Crippen molar-refractivity contribution in [3.8, 4) is 17.2 Å². The third kappa shape index (κ3) is 4.70. The lowest BCUT2D eigenvalue weighted by Crippen LogP contribution is -2.47. The average Bonchev–Trinajstić information content (AvgIpc) is 2.80. The lowest BCUT2D eigenvalue weighted by atomic mass is 10.0. The zero-order valence-electron chi connectivity index (χ0n) is 18.4. The van der Waals surface area contributed by atoms with Crippen LogP contribution in [0.15, 0.2) is 42.5 Å². The van der Waals surface area contributed by atoms with Gasteiger partial charge in [0.25, 0.3) is 0 Å². The number of likely N-dealkylation sites (tertiary alicyclic amines) is 1. The van der Waals surface area contributed by atoms with Crippen LogP contribution < -0.4 is 19.1 Å². The molecule has 0 bridgehead atoms. The molecule has 1 amide bonds. The van der Waals surface area contributed by atoms with Crippen LogP contribution in [0.25, 0.3) is 0 Å². The van der Waals surface area contributed by atoms with E-state index in [1.807, 2.05) is 54.3 Å². The summed E-state index contributed by atoms with van der Waals surface area (Å²) in [5.41, 5.74) is 2.06. The van der Waals surface area contributed by atoms with Crippen LogP contribution in [0, 0.1) is 0 Å². The van der Waals surface area contributed by atoms with E-state index in [0.29, 0.717) is 23.7 Å². The molecule has 6 heteroatoms. The Morgan fingerprint density at radius 1 is 0.967 bits per heavy atom. The van der Waals surface area contributed by atoms with Gasteiger partial charge in [-0.3, -0.25) is 9.69 Å². The molecule has 1 saturated heterocycles. The Morgan fingerprint density at radius 2 is 1.63 bits per heavy atom. The van der Waals surface area contributed by atoms with Gasteiger partial charge in [0.1, 0.15) is 0 Å². The molecule has 0 unspecified atom stereocenters. The first-order valence-electron chi connectivity index (χ1n) is 10.5. The second-order valence-corrected chi connectivity index (χ2v) is 7.45. The molecule has 3 rings (SSSR count). The van der Waals surface area contributed by atoms with Crippen LogP contribution in [0.4, 0.5) is 5.69 Å². The fraction of sp³-hybridized carbons (Fsp3) is 0.458. The highest BCUT2D eigenvalue weighted by Gasteiger charge is 2.29. The van der Waals surface area contributed by atoms with E-state index in [0.717, 1.165) is 43.7 Å². The number of benzene rings is 2. The van der Waals surface area contributed by atoms with Crippen molar-refractivity contribution in [1.82, 2.24) is 4.90 Å². The predicted molar refractivity (Wildman–Crippen MR) is 119 cm³/mol. The van der Waals surface area contributed by atoms with Crippen molar-refractivity contribution in [3.05, 3.63) is 48.0 Å². The van der Waals surface area contributed by atoms with E-state index in [2.05, 4.69) is 4.90 Å². The maximum Gasteiger partial charge on any atom is 0.226 e. The monoisotopic (exact) mass is 412 g/mol. The van der Waals surface area contributed by atoms with Gasteiger partial charge >= 0.3 is 0 Å². The van der Waals surface area contributed by atoms with Crippen molar-refractivity contribution in [2.24, 2.45) is 0 Å². The van der Waals surface area contributed by atoms with Gasteiger partial charge in [0.15, 0.2) is 11.5 Å². The van der Waals surface area contributed by atoms with Crippen molar-refractivity contribution < 1.29 is 19.0 Å². The highest BCUT2D eigenvalue weighted by molar-refractivity contribution is 5.93. The van der Waals surface area contributed by atoms with Crippen LogP contribution in [0.3, 0.4) is 0 Å². The van der Waals surface area contributed by atoms with Gasteiger partial charge in [-0.2, -0.15) is 0 Å². The Morgan fingerprint density at radius 3 is 2.20 bits per heavy atom. The molecular formula is C24H32N2O4. The van der Waals surface area contributed by atoms with Gasteiger partial charge < -0.3 is 19.1 Å². The molecule has 0 aromatic heterocycles. The summed E-state index contributed by atoms with van der Waals surface area (Å²) in [6.07, 6.45) is 2.39. The minimum Gasteiger partial charge on any atom is -0.493 e. The standard InChI is InChI=1S/C24H32N2O4/c1-5-22(27)26(19-9-7-6-8-10-19)20-13-15-25(16-14-20)17-18-11-12-21(28-2)24(30-4)23(18)29-3/h6-12,20H,5,13-17H2,1-4H3. The first kappa shape index (κ1) is 22.0. The maximum absolute atomic E-state index is 12.7. The smallest absolute Gasteiger partial charge is 0.226 e. The zero-order valence-corrected chi connectivity index (χ0v) is 18.4. The minimum atomic E-state index is 0.182. The maximum atomic E-state index is 12.7. The van der Waals surface area contributed by atoms with Gasteiger partial charge in [0, 0.05) is 43.3 Å². The van der Waals surface area contributed by atoms with Crippen molar-refractivity contribution in [1.29, 1.82) is 0 Å². The van der Waals surface area contributed by atoms with E-state index < -0.39 is 0 Å². The lowest BCUT2D eigenvalue weighted by molar-refractivity contribution is -0.119. The molecule has 0 N–H and O–H groups in total. The summed E-state index contributed by atoms with van der Waals surface area (Å²) in [6, 6.07) is 14.2. The van der Waals surface area contributed by atoms with Gasteiger partial charge in [0.2, 0.25) is 11.7 Å². The zero-order chi connectivity index (χ0) is 21.5. The number of methoxy groups -OCH3 is 3. The first-order valence-corrected chi connectivity index (χ1v) is 10.5. The number of hydrogen-bond acceptors (Lipinski definition) is 5. The summed E-state index contributed by atoms with van der Waals surface area (Å²) in [7, 11) is 4.90.